The second kappa shape index (κ2) is 7.44. The molecule has 1 aromatic heterocycles. The van der Waals surface area contributed by atoms with Crippen LogP contribution in [0.4, 0.5) is 0 Å². The molecule has 0 amide bonds. The van der Waals surface area contributed by atoms with E-state index in [-0.39, 0.29) is 6.10 Å². The normalized spacial score (nSPS) is 16.5. The average molecular weight is 347 g/mol. The fourth-order valence-electron chi connectivity index (χ4n) is 3.58. The molecule has 0 saturated carbocycles. The van der Waals surface area contributed by atoms with Crippen LogP contribution in [0, 0.1) is 13.8 Å². The molecule has 2 aromatic carbocycles. The van der Waals surface area contributed by atoms with Gasteiger partial charge in [0.2, 0.25) is 0 Å². The van der Waals surface area contributed by atoms with Gasteiger partial charge in [0.15, 0.2) is 0 Å². The van der Waals surface area contributed by atoms with Crippen LogP contribution < -0.4 is 5.32 Å². The van der Waals surface area contributed by atoms with Crippen LogP contribution in [0.1, 0.15) is 33.9 Å². The Labute approximate surface area is 154 Å². The van der Waals surface area contributed by atoms with E-state index in [1.807, 2.05) is 6.20 Å². The average Bonchev–Trinajstić information content (AvgIpc) is 3.13. The highest BCUT2D eigenvalue weighted by Crippen LogP contribution is 2.27. The molecular formula is C22H25N3O. The fourth-order valence-corrected chi connectivity index (χ4v) is 3.58. The van der Waals surface area contributed by atoms with Crippen molar-refractivity contribution in [3.05, 3.63) is 76.5 Å². The van der Waals surface area contributed by atoms with Crippen LogP contribution in [-0.4, -0.2) is 23.3 Å². The van der Waals surface area contributed by atoms with Gasteiger partial charge in [0.1, 0.15) is 0 Å². The molecule has 2 N–H and O–H groups in total. The Kier molecular flexibility index (Phi) is 4.87. The molecule has 4 nitrogen and oxygen atoms in total. The number of hydrogen-bond acceptors (Lipinski definition) is 3. The lowest BCUT2D eigenvalue weighted by molar-refractivity contribution is 0.0423. The van der Waals surface area contributed by atoms with E-state index in [9.17, 15) is 0 Å². The predicted molar refractivity (Wildman–Crippen MR) is 104 cm³/mol. The summed E-state index contributed by atoms with van der Waals surface area (Å²) in [7, 11) is 0. The van der Waals surface area contributed by atoms with Crippen LogP contribution in [0.5, 0.6) is 0 Å². The molecule has 4 rings (SSSR count). The summed E-state index contributed by atoms with van der Waals surface area (Å²) in [5.74, 6) is 0. The number of H-pyrrole nitrogens is 1. The number of aromatic nitrogens is 2. The topological polar surface area (TPSA) is 49.9 Å². The standard InChI is InChI=1S/C22H25N3O/c1-15-7-8-18(11-16(15)2)22-19(13-24-25-22)12-23-14-21-20-6-4-3-5-17(20)9-10-26-21/h3-8,11,13,21,23H,9-10,12,14H2,1-2H3,(H,24,25)/t21-/m0/s1. The van der Waals surface area contributed by atoms with Crippen molar-refractivity contribution in [3.63, 3.8) is 0 Å². The first-order valence-corrected chi connectivity index (χ1v) is 9.22. The fraction of sp³-hybridized carbons (Fsp3) is 0.318. The van der Waals surface area contributed by atoms with Gasteiger partial charge in [-0.15, -0.1) is 0 Å². The third-order valence-electron chi connectivity index (χ3n) is 5.25. The van der Waals surface area contributed by atoms with E-state index in [4.69, 9.17) is 4.74 Å². The van der Waals surface area contributed by atoms with Gasteiger partial charge in [0.05, 0.1) is 24.6 Å². The summed E-state index contributed by atoms with van der Waals surface area (Å²) in [5.41, 5.74) is 8.77. The van der Waals surface area contributed by atoms with Crippen molar-refractivity contribution in [2.75, 3.05) is 13.2 Å². The monoisotopic (exact) mass is 347 g/mol. The van der Waals surface area contributed by atoms with Gasteiger partial charge in [-0.2, -0.15) is 5.10 Å². The molecule has 1 atom stereocenters. The molecule has 134 valence electrons. The number of aromatic amines is 1. The number of rotatable bonds is 5. The van der Waals surface area contributed by atoms with Crippen molar-refractivity contribution in [1.82, 2.24) is 15.5 Å². The van der Waals surface area contributed by atoms with Crippen LogP contribution in [0.2, 0.25) is 0 Å². The van der Waals surface area contributed by atoms with Crippen molar-refractivity contribution in [2.24, 2.45) is 0 Å². The van der Waals surface area contributed by atoms with Crippen molar-refractivity contribution < 1.29 is 4.74 Å². The third kappa shape index (κ3) is 3.43. The maximum absolute atomic E-state index is 5.98. The Morgan fingerprint density at radius 3 is 2.92 bits per heavy atom. The molecule has 1 aliphatic rings. The first-order chi connectivity index (χ1) is 12.7. The Morgan fingerprint density at radius 2 is 2.04 bits per heavy atom. The molecule has 0 spiro atoms. The van der Waals surface area contributed by atoms with Crippen LogP contribution >= 0.6 is 0 Å². The highest BCUT2D eigenvalue weighted by atomic mass is 16.5. The zero-order valence-corrected chi connectivity index (χ0v) is 15.4. The molecule has 0 radical (unpaired) electrons. The van der Waals surface area contributed by atoms with Gasteiger partial charge >= 0.3 is 0 Å². The lowest BCUT2D eigenvalue weighted by Crippen LogP contribution is -2.27. The van der Waals surface area contributed by atoms with Crippen molar-refractivity contribution in [3.8, 4) is 11.3 Å². The third-order valence-corrected chi connectivity index (χ3v) is 5.25. The molecule has 0 saturated heterocycles. The van der Waals surface area contributed by atoms with Gasteiger partial charge in [0.25, 0.3) is 0 Å². The first-order valence-electron chi connectivity index (χ1n) is 9.22. The number of fused-ring (bicyclic) bond motifs is 1. The van der Waals surface area contributed by atoms with E-state index in [0.29, 0.717) is 0 Å². The Morgan fingerprint density at radius 1 is 1.15 bits per heavy atom. The van der Waals surface area contributed by atoms with Crippen LogP contribution in [0.15, 0.2) is 48.7 Å². The quantitative estimate of drug-likeness (QED) is 0.731. The molecule has 0 aliphatic carbocycles. The lowest BCUT2D eigenvalue weighted by Gasteiger charge is -2.26. The Hall–Kier alpha value is -2.43. The van der Waals surface area contributed by atoms with Gasteiger partial charge in [-0.3, -0.25) is 5.10 Å². The summed E-state index contributed by atoms with van der Waals surface area (Å²) in [6.45, 7) is 6.64. The molecule has 4 heteroatoms. The van der Waals surface area contributed by atoms with E-state index in [1.54, 1.807) is 0 Å². The molecule has 0 unspecified atom stereocenters. The van der Waals surface area contributed by atoms with Gasteiger partial charge < -0.3 is 10.1 Å². The van der Waals surface area contributed by atoms with E-state index in [1.165, 1.54) is 33.4 Å². The number of hydrogen-bond donors (Lipinski definition) is 2. The lowest BCUT2D eigenvalue weighted by atomic mass is 9.97. The number of ether oxygens (including phenoxy) is 1. The van der Waals surface area contributed by atoms with Crippen molar-refractivity contribution in [1.29, 1.82) is 0 Å². The second-order valence-electron chi connectivity index (χ2n) is 7.01. The molecule has 1 aliphatic heterocycles. The molecule has 3 aromatic rings. The number of benzene rings is 2. The summed E-state index contributed by atoms with van der Waals surface area (Å²) in [6, 6.07) is 15.1. The molecule has 2 heterocycles. The highest BCUT2D eigenvalue weighted by molar-refractivity contribution is 5.64. The summed E-state index contributed by atoms with van der Waals surface area (Å²) >= 11 is 0. The minimum absolute atomic E-state index is 0.122. The minimum atomic E-state index is 0.122. The van der Waals surface area contributed by atoms with Gasteiger partial charge in [0, 0.05) is 24.2 Å². The molecule has 26 heavy (non-hydrogen) atoms. The predicted octanol–water partition coefficient (Wildman–Crippen LogP) is 4.10. The highest BCUT2D eigenvalue weighted by Gasteiger charge is 2.20. The summed E-state index contributed by atoms with van der Waals surface area (Å²) in [4.78, 5) is 0. The number of nitrogens with one attached hydrogen (secondary N) is 2. The maximum Gasteiger partial charge on any atom is 0.0952 e. The van der Waals surface area contributed by atoms with Crippen molar-refractivity contribution >= 4 is 0 Å². The minimum Gasteiger partial charge on any atom is -0.372 e. The van der Waals surface area contributed by atoms with Gasteiger partial charge in [-0.05, 0) is 48.6 Å². The first kappa shape index (κ1) is 17.0. The Bertz CT molecular complexity index is 900. The number of aryl methyl sites for hydroxylation is 2. The molecular weight excluding hydrogens is 322 g/mol. The SMILES string of the molecule is Cc1ccc(-c2[nH]ncc2CNC[C@@H]2OCCc3ccccc32)cc1C. The smallest absolute Gasteiger partial charge is 0.0952 e. The zero-order valence-electron chi connectivity index (χ0n) is 15.4. The van der Waals surface area contributed by atoms with Gasteiger partial charge in [-0.25, -0.2) is 0 Å². The number of nitrogens with zero attached hydrogens (tertiary/aromatic N) is 1. The van der Waals surface area contributed by atoms with E-state index < -0.39 is 0 Å². The summed E-state index contributed by atoms with van der Waals surface area (Å²) in [6.07, 6.45) is 3.04. The van der Waals surface area contributed by atoms with Crippen LogP contribution in [0.3, 0.4) is 0 Å². The molecule has 0 bridgehead atoms. The summed E-state index contributed by atoms with van der Waals surface area (Å²) in [5, 5.41) is 11.0. The Balaban J connectivity index is 1.44. The van der Waals surface area contributed by atoms with Gasteiger partial charge in [-0.1, -0.05) is 36.4 Å². The van der Waals surface area contributed by atoms with E-state index in [2.05, 4.69) is 71.8 Å². The maximum atomic E-state index is 5.98. The van der Waals surface area contributed by atoms with Crippen LogP contribution in [-0.2, 0) is 17.7 Å². The zero-order chi connectivity index (χ0) is 17.9. The van der Waals surface area contributed by atoms with E-state index in [0.717, 1.165) is 31.8 Å². The van der Waals surface area contributed by atoms with Crippen LogP contribution in [0.25, 0.3) is 11.3 Å². The molecule has 0 fully saturated rings. The largest absolute Gasteiger partial charge is 0.372 e. The summed E-state index contributed by atoms with van der Waals surface area (Å²) < 4.78 is 5.98. The second-order valence-corrected chi connectivity index (χ2v) is 7.01. The van der Waals surface area contributed by atoms with Crippen molar-refractivity contribution in [2.45, 2.75) is 32.9 Å². The van der Waals surface area contributed by atoms with E-state index >= 15 is 0 Å².